The molecular weight excluding hydrogens is 471 g/mol. The first kappa shape index (κ1) is 24.6. The van der Waals surface area contributed by atoms with Gasteiger partial charge in [-0.3, -0.25) is 9.59 Å². The Hall–Kier alpha value is -1.99. The van der Waals surface area contributed by atoms with E-state index in [1.54, 1.807) is 18.2 Å². The van der Waals surface area contributed by atoms with Gasteiger partial charge in [0.15, 0.2) is 0 Å². The van der Waals surface area contributed by atoms with Crippen molar-refractivity contribution in [1.29, 1.82) is 0 Å². The van der Waals surface area contributed by atoms with E-state index in [4.69, 9.17) is 23.2 Å². The van der Waals surface area contributed by atoms with Gasteiger partial charge in [-0.2, -0.15) is 0 Å². The minimum atomic E-state index is -1.50. The van der Waals surface area contributed by atoms with Gasteiger partial charge in [0.1, 0.15) is 0 Å². The molecule has 1 aliphatic carbocycles. The molecule has 2 aromatic carbocycles. The molecule has 0 aromatic heterocycles. The monoisotopic (exact) mass is 494 g/mol. The van der Waals surface area contributed by atoms with Crippen molar-refractivity contribution < 1.29 is 24.9 Å². The zero-order chi connectivity index (χ0) is 23.7. The molecule has 5 nitrogen and oxygen atoms in total. The van der Waals surface area contributed by atoms with Crippen molar-refractivity contribution in [3.05, 3.63) is 75.8 Å². The average Bonchev–Trinajstić information content (AvgIpc) is 2.69. The zero-order valence-corrected chi connectivity index (χ0v) is 19.9. The van der Waals surface area contributed by atoms with Gasteiger partial charge in [-0.15, -0.1) is 11.8 Å². The summed E-state index contributed by atoms with van der Waals surface area (Å²) in [5, 5.41) is 31.2. The van der Waals surface area contributed by atoms with Gasteiger partial charge in [0.2, 0.25) is 0 Å². The van der Waals surface area contributed by atoms with Crippen LogP contribution in [0, 0.1) is 10.8 Å². The second-order valence-corrected chi connectivity index (χ2v) is 10.5. The molecule has 3 rings (SSSR count). The van der Waals surface area contributed by atoms with Crippen molar-refractivity contribution >= 4 is 46.9 Å². The summed E-state index contributed by atoms with van der Waals surface area (Å²) in [5.41, 5.74) is -1.83. The number of hydrogen-bond acceptors (Lipinski definition) is 4. The molecule has 1 aliphatic rings. The largest absolute Gasteiger partial charge is 0.481 e. The minimum absolute atomic E-state index is 0.0993. The number of aliphatic hydroxyl groups is 1. The molecule has 0 radical (unpaired) electrons. The first-order chi connectivity index (χ1) is 15.0. The van der Waals surface area contributed by atoms with Gasteiger partial charge >= 0.3 is 11.9 Å². The lowest BCUT2D eigenvalue weighted by molar-refractivity contribution is -0.155. The Bertz CT molecular complexity index is 1040. The number of hydrogen-bond donors (Lipinski definition) is 3. The Morgan fingerprint density at radius 2 is 1.69 bits per heavy atom. The molecule has 4 atom stereocenters. The molecule has 2 aromatic rings. The van der Waals surface area contributed by atoms with E-state index in [9.17, 15) is 24.9 Å². The van der Waals surface area contributed by atoms with Crippen LogP contribution in [0.3, 0.4) is 0 Å². The molecule has 0 amide bonds. The Balaban J connectivity index is 2.23. The van der Waals surface area contributed by atoms with E-state index >= 15 is 0 Å². The summed E-state index contributed by atoms with van der Waals surface area (Å²) in [4.78, 5) is 25.8. The Labute approximate surface area is 201 Å². The maximum absolute atomic E-state index is 12.9. The van der Waals surface area contributed by atoms with E-state index in [0.717, 1.165) is 5.56 Å². The minimum Gasteiger partial charge on any atom is -0.481 e. The van der Waals surface area contributed by atoms with Crippen LogP contribution < -0.4 is 0 Å². The Morgan fingerprint density at radius 3 is 2.19 bits per heavy atom. The van der Waals surface area contributed by atoms with Crippen molar-refractivity contribution in [3.8, 4) is 0 Å². The molecule has 8 heteroatoms. The van der Waals surface area contributed by atoms with Gasteiger partial charge in [0, 0.05) is 20.2 Å². The third-order valence-corrected chi connectivity index (χ3v) is 7.73. The highest BCUT2D eigenvalue weighted by Gasteiger charge is 2.57. The van der Waals surface area contributed by atoms with Crippen molar-refractivity contribution in [2.45, 2.75) is 42.9 Å². The van der Waals surface area contributed by atoms with Crippen molar-refractivity contribution in [3.63, 3.8) is 0 Å². The Morgan fingerprint density at radius 1 is 1.09 bits per heavy atom. The quantitative estimate of drug-likeness (QED) is 0.435. The first-order valence-corrected chi connectivity index (χ1v) is 11.6. The van der Waals surface area contributed by atoms with Crippen molar-refractivity contribution in [2.24, 2.45) is 10.8 Å². The SMILES string of the molecule is CC(O)C1=CC(C)(C(=O)O)CC(Cc2ccccc2)(C(=O)O)C1Sc1cc(Cl)cc(Cl)c1. The lowest BCUT2D eigenvalue weighted by Crippen LogP contribution is -2.53. The summed E-state index contributed by atoms with van der Waals surface area (Å²) in [6, 6.07) is 14.0. The molecule has 0 bridgehead atoms. The number of rotatable bonds is 7. The van der Waals surface area contributed by atoms with Gasteiger partial charge in [-0.1, -0.05) is 59.6 Å². The predicted molar refractivity (Wildman–Crippen MR) is 126 cm³/mol. The van der Waals surface area contributed by atoms with Gasteiger partial charge < -0.3 is 15.3 Å². The summed E-state index contributed by atoms with van der Waals surface area (Å²) in [6.45, 7) is 3.02. The maximum Gasteiger partial charge on any atom is 0.313 e. The van der Waals surface area contributed by atoms with E-state index in [1.165, 1.54) is 31.7 Å². The lowest BCUT2D eigenvalue weighted by Gasteiger charge is -2.47. The standard InChI is InChI=1S/C24H24Cl2O5S/c1-14(27)19-12-23(2,21(28)29)13-24(22(30)31,11-15-6-4-3-5-7-15)20(19)32-18-9-16(25)8-17(26)10-18/h3-10,12,14,20,27H,11,13H2,1-2H3,(H,28,29)(H,30,31). The molecule has 3 N–H and O–H groups in total. The third-order valence-electron chi connectivity index (χ3n) is 5.82. The fourth-order valence-corrected chi connectivity index (χ4v) is 6.54. The van der Waals surface area contributed by atoms with E-state index in [2.05, 4.69) is 0 Å². The second-order valence-electron chi connectivity index (χ2n) is 8.45. The molecule has 0 aliphatic heterocycles. The number of halogens is 2. The Kier molecular flexibility index (Phi) is 7.30. The van der Waals surface area contributed by atoms with Crippen LogP contribution in [0.15, 0.2) is 65.1 Å². The van der Waals surface area contributed by atoms with Crippen LogP contribution in [-0.2, 0) is 16.0 Å². The topological polar surface area (TPSA) is 94.8 Å². The molecule has 0 fully saturated rings. The molecule has 0 heterocycles. The summed E-state index contributed by atoms with van der Waals surface area (Å²) in [7, 11) is 0. The molecule has 0 saturated heterocycles. The fourth-order valence-electron chi connectivity index (χ4n) is 4.33. The van der Waals surface area contributed by atoms with Crippen LogP contribution in [0.2, 0.25) is 10.0 Å². The fraction of sp³-hybridized carbons (Fsp3) is 0.333. The lowest BCUT2D eigenvalue weighted by atomic mass is 9.60. The smallest absolute Gasteiger partial charge is 0.313 e. The third kappa shape index (κ3) is 4.99. The van der Waals surface area contributed by atoms with E-state index < -0.39 is 34.1 Å². The zero-order valence-electron chi connectivity index (χ0n) is 17.6. The normalized spacial score (nSPS) is 26.3. The molecule has 0 spiro atoms. The summed E-state index contributed by atoms with van der Waals surface area (Å²) in [6.07, 6.45) is 0.426. The number of carbonyl (C=O) groups is 2. The average molecular weight is 495 g/mol. The highest BCUT2D eigenvalue weighted by Crippen LogP contribution is 2.54. The van der Waals surface area contributed by atoms with E-state index in [-0.39, 0.29) is 12.8 Å². The number of aliphatic carboxylic acids is 2. The predicted octanol–water partition coefficient (Wildman–Crippen LogP) is 5.57. The van der Waals surface area contributed by atoms with Crippen LogP contribution in [0.25, 0.3) is 0 Å². The van der Waals surface area contributed by atoms with Gasteiger partial charge in [0.25, 0.3) is 0 Å². The maximum atomic E-state index is 12.9. The molecular formula is C24H24Cl2O5S. The molecule has 170 valence electrons. The molecule has 32 heavy (non-hydrogen) atoms. The van der Waals surface area contributed by atoms with Crippen LogP contribution in [0.4, 0.5) is 0 Å². The van der Waals surface area contributed by atoms with E-state index in [1.807, 2.05) is 30.3 Å². The van der Waals surface area contributed by atoms with Crippen LogP contribution in [0.1, 0.15) is 25.8 Å². The van der Waals surface area contributed by atoms with Crippen molar-refractivity contribution in [2.75, 3.05) is 0 Å². The highest BCUT2D eigenvalue weighted by atomic mass is 35.5. The van der Waals surface area contributed by atoms with Gasteiger partial charge in [-0.05, 0) is 56.0 Å². The highest BCUT2D eigenvalue weighted by molar-refractivity contribution is 8.00. The first-order valence-electron chi connectivity index (χ1n) is 10.0. The number of carboxylic acids is 2. The number of thioether (sulfide) groups is 1. The van der Waals surface area contributed by atoms with Crippen LogP contribution >= 0.6 is 35.0 Å². The summed E-state index contributed by atoms with van der Waals surface area (Å²) < 4.78 is 0. The summed E-state index contributed by atoms with van der Waals surface area (Å²) in [5.74, 6) is -2.26. The van der Waals surface area contributed by atoms with Crippen molar-refractivity contribution in [1.82, 2.24) is 0 Å². The van der Waals surface area contributed by atoms with Gasteiger partial charge in [-0.25, -0.2) is 0 Å². The number of benzene rings is 2. The number of carboxylic acid groups (broad SMARTS) is 2. The van der Waals surface area contributed by atoms with Crippen LogP contribution in [-0.4, -0.2) is 38.6 Å². The second kappa shape index (κ2) is 9.48. The van der Waals surface area contributed by atoms with E-state index in [0.29, 0.717) is 20.5 Å². The van der Waals surface area contributed by atoms with Crippen LogP contribution in [0.5, 0.6) is 0 Å². The summed E-state index contributed by atoms with van der Waals surface area (Å²) >= 11 is 13.5. The number of aliphatic hydroxyl groups excluding tert-OH is 1. The molecule has 0 saturated carbocycles. The van der Waals surface area contributed by atoms with Gasteiger partial charge in [0.05, 0.1) is 16.9 Å². The molecule has 4 unspecified atom stereocenters.